The van der Waals surface area contributed by atoms with Crippen LogP contribution >= 0.6 is 11.8 Å². The Kier molecular flexibility index (Phi) is 13.1. The van der Waals surface area contributed by atoms with Gasteiger partial charge in [0.2, 0.25) is 0 Å². The number of aliphatic carboxylic acids is 1. The number of carboxylic acids is 1. The highest BCUT2D eigenvalue weighted by atomic mass is 32.2. The van der Waals surface area contributed by atoms with Crippen molar-refractivity contribution in [2.75, 3.05) is 18.1 Å². The Morgan fingerprint density at radius 2 is 1.96 bits per heavy atom. The van der Waals surface area contributed by atoms with Gasteiger partial charge in [0.05, 0.1) is 0 Å². The van der Waals surface area contributed by atoms with Crippen molar-refractivity contribution in [3.63, 3.8) is 0 Å². The minimum atomic E-state index is -1.06. The van der Waals surface area contributed by atoms with Crippen molar-refractivity contribution in [3.8, 4) is 0 Å². The molecule has 0 spiro atoms. The van der Waals surface area contributed by atoms with Crippen LogP contribution in [0.3, 0.4) is 0 Å². The van der Waals surface area contributed by atoms with Gasteiger partial charge in [-0.25, -0.2) is 14.4 Å². The second-order valence-electron chi connectivity index (χ2n) is 4.68. The van der Waals surface area contributed by atoms with E-state index in [1.807, 2.05) is 37.3 Å². The Bertz CT molecular complexity index is 568. The van der Waals surface area contributed by atoms with Crippen molar-refractivity contribution in [1.29, 1.82) is 0 Å². The fourth-order valence-electron chi connectivity index (χ4n) is 1.46. The van der Waals surface area contributed by atoms with Gasteiger partial charge in [-0.15, -0.1) is 0 Å². The van der Waals surface area contributed by atoms with Gasteiger partial charge in [-0.05, 0) is 11.3 Å². The summed E-state index contributed by atoms with van der Waals surface area (Å²) in [5.74, 6) is 0.0637. The number of benzene rings is 1. The maximum absolute atomic E-state index is 11.0. The second-order valence-corrected chi connectivity index (χ2v) is 5.99. The molecule has 9 heteroatoms. The Morgan fingerprint density at radius 3 is 2.46 bits per heavy atom. The molecular formula is C17H24N2O6S. The van der Waals surface area contributed by atoms with Crippen LogP contribution in [0.15, 0.2) is 43.0 Å². The first-order chi connectivity index (χ1) is 12.4. The van der Waals surface area contributed by atoms with Crippen molar-refractivity contribution in [2.45, 2.75) is 19.6 Å². The molecule has 2 amide bonds. The molecule has 0 fully saturated rings. The normalized spacial score (nSPS) is 10.5. The van der Waals surface area contributed by atoms with E-state index in [1.54, 1.807) is 0 Å². The molecule has 4 N–H and O–H groups in total. The fourth-order valence-corrected chi connectivity index (χ4v) is 2.15. The topological polar surface area (TPSA) is 128 Å². The van der Waals surface area contributed by atoms with Crippen LogP contribution in [0.4, 0.5) is 9.59 Å². The first kappa shape index (κ1) is 23.3. The predicted molar refractivity (Wildman–Crippen MR) is 99.9 cm³/mol. The maximum Gasteiger partial charge on any atom is 0.408 e. The lowest BCUT2D eigenvalue weighted by molar-refractivity contribution is -0.138. The van der Waals surface area contributed by atoms with E-state index in [0.717, 1.165) is 11.3 Å². The first-order valence-corrected chi connectivity index (χ1v) is 8.87. The third kappa shape index (κ3) is 12.7. The number of ether oxygens (including phenoxy) is 2. The van der Waals surface area contributed by atoms with Gasteiger partial charge >= 0.3 is 18.2 Å². The number of carboxylic acid groups (broad SMARTS) is 1. The lowest BCUT2D eigenvalue weighted by Gasteiger charge is -2.13. The van der Waals surface area contributed by atoms with Gasteiger partial charge in [-0.2, -0.15) is 11.8 Å². The maximum atomic E-state index is 11.0. The van der Waals surface area contributed by atoms with Crippen LogP contribution in [-0.4, -0.2) is 47.4 Å². The van der Waals surface area contributed by atoms with Crippen LogP contribution in [0.5, 0.6) is 0 Å². The Hall–Kier alpha value is -2.68. The summed E-state index contributed by atoms with van der Waals surface area (Å²) in [5, 5.41) is 11.0. The molecule has 0 aliphatic heterocycles. The molecule has 8 nitrogen and oxygen atoms in total. The molecule has 26 heavy (non-hydrogen) atoms. The third-order valence-electron chi connectivity index (χ3n) is 2.64. The third-order valence-corrected chi connectivity index (χ3v) is 3.61. The Balaban J connectivity index is 0.000000502. The summed E-state index contributed by atoms with van der Waals surface area (Å²) < 4.78 is 9.18. The molecule has 0 radical (unpaired) electrons. The minimum Gasteiger partial charge on any atom is -0.480 e. The number of primary amides is 1. The lowest BCUT2D eigenvalue weighted by atomic mass is 10.2. The number of carbonyl (C=O) groups is 3. The fraction of sp³-hybridized carbons (Fsp3) is 0.353. The quantitative estimate of drug-likeness (QED) is 0.558. The van der Waals surface area contributed by atoms with Gasteiger partial charge in [0.1, 0.15) is 19.3 Å². The molecular weight excluding hydrogens is 360 g/mol. The lowest BCUT2D eigenvalue weighted by Crippen LogP contribution is -2.42. The number of thioether (sulfide) groups is 1. The van der Waals surface area contributed by atoms with Crippen molar-refractivity contribution in [1.82, 2.24) is 5.32 Å². The van der Waals surface area contributed by atoms with E-state index >= 15 is 0 Å². The van der Waals surface area contributed by atoms with Crippen molar-refractivity contribution >= 4 is 29.9 Å². The molecule has 1 atom stereocenters. The summed E-state index contributed by atoms with van der Waals surface area (Å²) in [6, 6.07) is 8.46. The van der Waals surface area contributed by atoms with E-state index in [1.165, 1.54) is 17.8 Å². The van der Waals surface area contributed by atoms with Gasteiger partial charge in [-0.1, -0.05) is 49.9 Å². The van der Waals surface area contributed by atoms with E-state index in [2.05, 4.69) is 21.4 Å². The summed E-state index contributed by atoms with van der Waals surface area (Å²) in [5.41, 5.74) is 5.72. The summed E-state index contributed by atoms with van der Waals surface area (Å²) >= 11 is 1.44. The smallest absolute Gasteiger partial charge is 0.408 e. The number of carbonyl (C=O) groups excluding carboxylic acids is 2. The second kappa shape index (κ2) is 14.6. The molecule has 1 rings (SSSR count). The van der Waals surface area contributed by atoms with E-state index in [-0.39, 0.29) is 13.2 Å². The number of nitrogens with two attached hydrogens (primary N) is 1. The number of rotatable bonds is 9. The van der Waals surface area contributed by atoms with Crippen LogP contribution in [0.25, 0.3) is 0 Å². The first-order valence-electron chi connectivity index (χ1n) is 7.71. The number of hydrogen-bond acceptors (Lipinski definition) is 6. The van der Waals surface area contributed by atoms with Crippen LogP contribution < -0.4 is 11.1 Å². The van der Waals surface area contributed by atoms with Gasteiger partial charge in [0.15, 0.2) is 0 Å². The molecule has 0 aliphatic carbocycles. The predicted octanol–water partition coefficient (Wildman–Crippen LogP) is 2.39. The summed E-state index contributed by atoms with van der Waals surface area (Å²) in [6.45, 7) is 5.60. The Labute approximate surface area is 156 Å². The van der Waals surface area contributed by atoms with Gasteiger partial charge in [0.25, 0.3) is 0 Å². The average Bonchev–Trinajstić information content (AvgIpc) is 2.62. The number of alkyl carbamates (subject to hydrolysis) is 1. The molecule has 0 bridgehead atoms. The highest BCUT2D eigenvalue weighted by Crippen LogP contribution is 2.02. The SMILES string of the molecule is C=CCOC(=O)NC(CSCC)C(=O)O.NC(=O)OCc1ccccc1. The highest BCUT2D eigenvalue weighted by molar-refractivity contribution is 7.99. The van der Waals surface area contributed by atoms with Gasteiger partial charge in [-0.3, -0.25) is 0 Å². The zero-order valence-electron chi connectivity index (χ0n) is 14.6. The average molecular weight is 384 g/mol. The zero-order valence-corrected chi connectivity index (χ0v) is 15.4. The standard InChI is InChI=1S/C9H15NO4S.C8H9NO2/c1-3-5-14-9(13)10-7(8(11)12)6-15-4-2;9-8(10)11-6-7-4-2-1-3-5-7/h3,7H,1,4-6H2,2H3,(H,10,13)(H,11,12);1-5H,6H2,(H2,9,10). The molecule has 0 heterocycles. The molecule has 1 aromatic rings. The largest absolute Gasteiger partial charge is 0.480 e. The highest BCUT2D eigenvalue weighted by Gasteiger charge is 2.19. The number of amides is 2. The van der Waals surface area contributed by atoms with Crippen molar-refractivity contribution in [2.24, 2.45) is 5.73 Å². The monoisotopic (exact) mass is 384 g/mol. The molecule has 0 saturated carbocycles. The van der Waals surface area contributed by atoms with Crippen molar-refractivity contribution < 1.29 is 29.0 Å². The number of hydrogen-bond donors (Lipinski definition) is 3. The van der Waals surface area contributed by atoms with Crippen LogP contribution in [0.1, 0.15) is 12.5 Å². The van der Waals surface area contributed by atoms with Crippen LogP contribution in [0.2, 0.25) is 0 Å². The summed E-state index contributed by atoms with van der Waals surface area (Å²) in [4.78, 5) is 31.9. The van der Waals surface area contributed by atoms with E-state index in [0.29, 0.717) is 5.75 Å². The van der Waals surface area contributed by atoms with Crippen molar-refractivity contribution in [3.05, 3.63) is 48.6 Å². The molecule has 1 unspecified atom stereocenters. The van der Waals surface area contributed by atoms with Gasteiger partial charge in [0, 0.05) is 5.75 Å². The molecule has 0 saturated heterocycles. The van der Waals surface area contributed by atoms with E-state index in [4.69, 9.17) is 10.8 Å². The molecule has 144 valence electrons. The molecule has 0 aromatic heterocycles. The van der Waals surface area contributed by atoms with E-state index < -0.39 is 24.2 Å². The summed E-state index contributed by atoms with van der Waals surface area (Å²) in [6.07, 6.45) is -0.0660. The van der Waals surface area contributed by atoms with Crippen LogP contribution in [-0.2, 0) is 20.9 Å². The molecule has 1 aromatic carbocycles. The summed E-state index contributed by atoms with van der Waals surface area (Å²) in [7, 11) is 0. The minimum absolute atomic E-state index is 0.0685. The Morgan fingerprint density at radius 1 is 1.31 bits per heavy atom. The van der Waals surface area contributed by atoms with E-state index in [9.17, 15) is 14.4 Å². The van der Waals surface area contributed by atoms with Gasteiger partial charge < -0.3 is 25.6 Å². The van der Waals surface area contributed by atoms with Crippen LogP contribution in [0, 0.1) is 0 Å². The number of nitrogens with one attached hydrogen (secondary N) is 1. The zero-order chi connectivity index (χ0) is 19.8. The molecule has 0 aliphatic rings.